The largest absolute Gasteiger partial charge is 0.450 e. The molecule has 1 aromatic carbocycles. The fraction of sp³-hybridized carbons (Fsp3) is 0.529. The van der Waals surface area contributed by atoms with Crippen molar-refractivity contribution in [3.05, 3.63) is 29.3 Å². The average molecular weight is 354 g/mol. The third-order valence-electron chi connectivity index (χ3n) is 3.91. The summed E-state index contributed by atoms with van der Waals surface area (Å²) in [6.07, 6.45) is 1.89. The summed E-state index contributed by atoms with van der Waals surface area (Å²) in [6, 6.07) is 7.42. The van der Waals surface area contributed by atoms with Gasteiger partial charge >= 0.3 is 6.09 Å². The van der Waals surface area contributed by atoms with Gasteiger partial charge in [-0.1, -0.05) is 17.7 Å². The molecule has 1 fully saturated rings. The van der Waals surface area contributed by atoms with E-state index in [0.717, 1.165) is 12.8 Å². The van der Waals surface area contributed by atoms with Crippen LogP contribution in [0.15, 0.2) is 24.3 Å². The van der Waals surface area contributed by atoms with Crippen molar-refractivity contribution in [2.75, 3.05) is 31.6 Å². The van der Waals surface area contributed by atoms with Gasteiger partial charge in [0.15, 0.2) is 0 Å². The average Bonchev–Trinajstić information content (AvgIpc) is 2.55. The minimum absolute atomic E-state index is 0.0475. The molecule has 0 saturated carbocycles. The van der Waals surface area contributed by atoms with Crippen molar-refractivity contribution in [2.45, 2.75) is 32.2 Å². The number of likely N-dealkylation sites (tertiary alicyclic amines) is 1. The zero-order chi connectivity index (χ0) is 17.4. The van der Waals surface area contributed by atoms with Crippen molar-refractivity contribution >= 4 is 29.3 Å². The van der Waals surface area contributed by atoms with Gasteiger partial charge < -0.3 is 20.3 Å². The van der Waals surface area contributed by atoms with E-state index < -0.39 is 0 Å². The minimum Gasteiger partial charge on any atom is -0.450 e. The second-order valence-electron chi connectivity index (χ2n) is 5.72. The Morgan fingerprint density at radius 3 is 2.75 bits per heavy atom. The highest BCUT2D eigenvalue weighted by Crippen LogP contribution is 2.15. The summed E-state index contributed by atoms with van der Waals surface area (Å²) in [6.45, 7) is 4.19. The maximum Gasteiger partial charge on any atom is 0.409 e. The second-order valence-corrected chi connectivity index (χ2v) is 6.16. The third-order valence-corrected chi connectivity index (χ3v) is 4.15. The molecular weight excluding hydrogens is 330 g/mol. The SMILES string of the molecule is CCOC(=O)N1CCC(NCCC(=O)Nc2cccc(Cl)c2)CC1. The highest BCUT2D eigenvalue weighted by atomic mass is 35.5. The van der Waals surface area contributed by atoms with E-state index in [4.69, 9.17) is 16.3 Å². The predicted octanol–water partition coefficient (Wildman–Crippen LogP) is 2.88. The van der Waals surface area contributed by atoms with Crippen LogP contribution >= 0.6 is 11.6 Å². The number of carbonyl (C=O) groups excluding carboxylic acids is 2. The topological polar surface area (TPSA) is 70.7 Å². The van der Waals surface area contributed by atoms with Crippen LogP contribution in [0.3, 0.4) is 0 Å². The standard InChI is InChI=1S/C17H24ClN3O3/c1-2-24-17(23)21-10-7-14(8-11-21)19-9-6-16(22)20-15-5-3-4-13(18)12-15/h3-5,12,14,19H,2,6-11H2,1H3,(H,20,22). The second kappa shape index (κ2) is 9.49. The van der Waals surface area contributed by atoms with Crippen molar-refractivity contribution in [3.8, 4) is 0 Å². The summed E-state index contributed by atoms with van der Waals surface area (Å²) in [5.74, 6) is -0.0475. The molecule has 0 aliphatic carbocycles. The molecule has 1 heterocycles. The monoisotopic (exact) mass is 353 g/mol. The lowest BCUT2D eigenvalue weighted by atomic mass is 10.1. The number of carbonyl (C=O) groups is 2. The lowest BCUT2D eigenvalue weighted by Crippen LogP contribution is -2.45. The Morgan fingerprint density at radius 1 is 1.33 bits per heavy atom. The van der Waals surface area contributed by atoms with Crippen LogP contribution in [0.4, 0.5) is 10.5 Å². The minimum atomic E-state index is -0.239. The Hall–Kier alpha value is -1.79. The molecule has 0 unspecified atom stereocenters. The van der Waals surface area contributed by atoms with E-state index in [2.05, 4.69) is 10.6 Å². The zero-order valence-corrected chi connectivity index (χ0v) is 14.6. The molecule has 1 aromatic rings. The fourth-order valence-corrected chi connectivity index (χ4v) is 2.85. The molecule has 2 N–H and O–H groups in total. The van der Waals surface area contributed by atoms with Gasteiger partial charge in [-0.25, -0.2) is 4.79 Å². The summed E-state index contributed by atoms with van der Waals surface area (Å²) in [5.41, 5.74) is 0.704. The first-order chi connectivity index (χ1) is 11.6. The highest BCUT2D eigenvalue weighted by molar-refractivity contribution is 6.30. The zero-order valence-electron chi connectivity index (χ0n) is 13.9. The van der Waals surface area contributed by atoms with Gasteiger partial charge in [-0.15, -0.1) is 0 Å². The molecule has 2 rings (SSSR count). The smallest absolute Gasteiger partial charge is 0.409 e. The van der Waals surface area contributed by atoms with Crippen LogP contribution in [0.2, 0.25) is 5.02 Å². The summed E-state index contributed by atoms with van der Waals surface area (Å²) in [7, 11) is 0. The number of nitrogens with zero attached hydrogens (tertiary/aromatic N) is 1. The van der Waals surface area contributed by atoms with E-state index in [0.29, 0.717) is 49.4 Å². The highest BCUT2D eigenvalue weighted by Gasteiger charge is 2.23. The normalized spacial score (nSPS) is 15.2. The predicted molar refractivity (Wildman–Crippen MR) is 94.3 cm³/mol. The molecule has 7 heteroatoms. The Kier molecular flexibility index (Phi) is 7.34. The van der Waals surface area contributed by atoms with Crippen molar-refractivity contribution < 1.29 is 14.3 Å². The Morgan fingerprint density at radius 2 is 2.08 bits per heavy atom. The Bertz CT molecular complexity index is 560. The van der Waals surface area contributed by atoms with Gasteiger partial charge in [0.05, 0.1) is 6.61 Å². The molecule has 24 heavy (non-hydrogen) atoms. The van der Waals surface area contributed by atoms with Crippen molar-refractivity contribution in [1.82, 2.24) is 10.2 Å². The molecule has 0 radical (unpaired) electrons. The lowest BCUT2D eigenvalue weighted by molar-refractivity contribution is -0.116. The van der Waals surface area contributed by atoms with Crippen LogP contribution in [-0.4, -0.2) is 49.2 Å². The Labute approximate surface area is 147 Å². The van der Waals surface area contributed by atoms with E-state index in [1.165, 1.54) is 0 Å². The number of halogens is 1. The maximum atomic E-state index is 11.9. The summed E-state index contributed by atoms with van der Waals surface area (Å²) < 4.78 is 5.00. The maximum absolute atomic E-state index is 11.9. The van der Waals surface area contributed by atoms with E-state index >= 15 is 0 Å². The van der Waals surface area contributed by atoms with Crippen molar-refractivity contribution in [1.29, 1.82) is 0 Å². The van der Waals surface area contributed by atoms with Gasteiger partial charge in [-0.3, -0.25) is 4.79 Å². The van der Waals surface area contributed by atoms with Gasteiger partial charge in [-0.2, -0.15) is 0 Å². The number of amides is 2. The van der Waals surface area contributed by atoms with E-state index in [1.54, 1.807) is 30.0 Å². The van der Waals surface area contributed by atoms with Crippen molar-refractivity contribution in [3.63, 3.8) is 0 Å². The van der Waals surface area contributed by atoms with Crippen molar-refractivity contribution in [2.24, 2.45) is 0 Å². The van der Waals surface area contributed by atoms with Crippen LogP contribution in [0.5, 0.6) is 0 Å². The molecule has 0 aromatic heterocycles. The first-order valence-corrected chi connectivity index (χ1v) is 8.66. The number of anilines is 1. The number of ether oxygens (including phenoxy) is 1. The van der Waals surface area contributed by atoms with Crippen LogP contribution < -0.4 is 10.6 Å². The van der Waals surface area contributed by atoms with Crippen LogP contribution in [-0.2, 0) is 9.53 Å². The molecular formula is C17H24ClN3O3. The number of hydrogen-bond acceptors (Lipinski definition) is 4. The molecule has 1 saturated heterocycles. The molecule has 1 aliphatic heterocycles. The molecule has 6 nitrogen and oxygen atoms in total. The number of rotatable bonds is 6. The summed E-state index contributed by atoms with van der Waals surface area (Å²) in [5, 5.41) is 6.80. The van der Waals surface area contributed by atoms with Gasteiger partial charge in [0.25, 0.3) is 0 Å². The van der Waals surface area contributed by atoms with E-state index in [9.17, 15) is 9.59 Å². The van der Waals surface area contributed by atoms with E-state index in [1.807, 2.05) is 6.07 Å². The fourth-order valence-electron chi connectivity index (χ4n) is 2.66. The first-order valence-electron chi connectivity index (χ1n) is 8.29. The number of piperidine rings is 1. The van der Waals surface area contributed by atoms with Gasteiger partial charge in [0.1, 0.15) is 0 Å². The Balaban J connectivity index is 1.63. The number of nitrogens with one attached hydrogen (secondary N) is 2. The van der Waals surface area contributed by atoms with Gasteiger partial charge in [0, 0.05) is 42.8 Å². The van der Waals surface area contributed by atoms with E-state index in [-0.39, 0.29) is 12.0 Å². The molecule has 2 amide bonds. The summed E-state index contributed by atoms with van der Waals surface area (Å²) in [4.78, 5) is 25.3. The molecule has 132 valence electrons. The number of hydrogen-bond donors (Lipinski definition) is 2. The first kappa shape index (κ1) is 18.5. The van der Waals surface area contributed by atoms with Crippen LogP contribution in [0.25, 0.3) is 0 Å². The quantitative estimate of drug-likeness (QED) is 0.825. The molecule has 1 aliphatic rings. The van der Waals surface area contributed by atoms with Crippen LogP contribution in [0.1, 0.15) is 26.2 Å². The number of benzene rings is 1. The van der Waals surface area contributed by atoms with Gasteiger partial charge in [0.2, 0.25) is 5.91 Å². The summed E-state index contributed by atoms with van der Waals surface area (Å²) >= 11 is 5.89. The third kappa shape index (κ3) is 6.02. The van der Waals surface area contributed by atoms with Gasteiger partial charge in [-0.05, 0) is 38.0 Å². The molecule has 0 spiro atoms. The molecule has 0 atom stereocenters. The van der Waals surface area contributed by atoms with Crippen LogP contribution in [0, 0.1) is 0 Å². The molecule has 0 bridgehead atoms. The lowest BCUT2D eigenvalue weighted by Gasteiger charge is -2.31.